The Morgan fingerprint density at radius 3 is 2.16 bits per heavy atom. The number of nitrogens with one attached hydrogen (secondary N) is 1. The fourth-order valence-corrected chi connectivity index (χ4v) is 4.63. The molecule has 5 rings (SSSR count). The van der Waals surface area contributed by atoms with Crippen LogP contribution in [0.15, 0.2) is 96.2 Å². The van der Waals surface area contributed by atoms with Gasteiger partial charge in [-0.3, -0.25) is 9.59 Å². The third-order valence-electron chi connectivity index (χ3n) is 6.05. The molecule has 0 saturated carbocycles. The van der Waals surface area contributed by atoms with E-state index in [4.69, 9.17) is 4.74 Å². The van der Waals surface area contributed by atoms with Crippen LogP contribution in [-0.4, -0.2) is 11.7 Å². The molecular formula is C27H23NO3. The summed E-state index contributed by atoms with van der Waals surface area (Å²) in [4.78, 5) is 25.8. The van der Waals surface area contributed by atoms with Crippen molar-refractivity contribution in [3.05, 3.63) is 107 Å². The molecule has 1 heterocycles. The van der Waals surface area contributed by atoms with E-state index in [1.54, 1.807) is 0 Å². The van der Waals surface area contributed by atoms with Crippen molar-refractivity contribution >= 4 is 11.7 Å². The van der Waals surface area contributed by atoms with Gasteiger partial charge in [0.15, 0.2) is 5.78 Å². The number of carbonyl (C=O) groups is 2. The minimum absolute atomic E-state index is 0.0420. The second kappa shape index (κ2) is 8.23. The van der Waals surface area contributed by atoms with Crippen molar-refractivity contribution < 1.29 is 14.3 Å². The lowest BCUT2D eigenvalue weighted by atomic mass is 9.73. The van der Waals surface area contributed by atoms with E-state index in [1.807, 2.05) is 72.8 Å². The zero-order chi connectivity index (χ0) is 21.2. The van der Waals surface area contributed by atoms with Crippen LogP contribution in [0.4, 0.5) is 0 Å². The minimum atomic E-state index is -0.243. The fourth-order valence-electron chi connectivity index (χ4n) is 4.63. The Kier molecular flexibility index (Phi) is 5.13. The first kappa shape index (κ1) is 19.3. The highest BCUT2D eigenvalue weighted by molar-refractivity contribution is 6.02. The van der Waals surface area contributed by atoms with Crippen molar-refractivity contribution in [1.82, 2.24) is 5.32 Å². The molecule has 4 nitrogen and oxygen atoms in total. The summed E-state index contributed by atoms with van der Waals surface area (Å²) >= 11 is 0. The van der Waals surface area contributed by atoms with Crippen LogP contribution in [-0.2, 0) is 9.59 Å². The van der Waals surface area contributed by atoms with Crippen LogP contribution < -0.4 is 10.1 Å². The van der Waals surface area contributed by atoms with Crippen molar-refractivity contribution in [3.63, 3.8) is 0 Å². The number of para-hydroxylation sites is 1. The number of allylic oxidation sites excluding steroid dienone is 2. The van der Waals surface area contributed by atoms with E-state index >= 15 is 0 Å². The smallest absolute Gasteiger partial charge is 0.225 e. The number of ether oxygens (including phenoxy) is 1. The number of Topliss-reactive ketones (excluding diaryl/α,β-unsaturated/α-hetero) is 1. The third kappa shape index (κ3) is 4.02. The van der Waals surface area contributed by atoms with Gasteiger partial charge in [-0.1, -0.05) is 60.7 Å². The maximum atomic E-state index is 13.2. The van der Waals surface area contributed by atoms with E-state index in [9.17, 15) is 9.59 Å². The number of carbonyl (C=O) groups excluding carboxylic acids is 2. The van der Waals surface area contributed by atoms with Crippen LogP contribution in [0.2, 0.25) is 0 Å². The molecule has 0 saturated heterocycles. The van der Waals surface area contributed by atoms with Gasteiger partial charge in [-0.05, 0) is 47.7 Å². The molecular weight excluding hydrogens is 386 g/mol. The molecule has 154 valence electrons. The molecule has 3 aromatic carbocycles. The third-order valence-corrected chi connectivity index (χ3v) is 6.05. The second-order valence-corrected chi connectivity index (χ2v) is 8.12. The van der Waals surface area contributed by atoms with Crippen LogP contribution in [0.3, 0.4) is 0 Å². The van der Waals surface area contributed by atoms with Gasteiger partial charge in [-0.2, -0.15) is 0 Å². The molecule has 0 aromatic heterocycles. The Bertz CT molecular complexity index is 1150. The standard InChI is InChI=1S/C27H23NO3/c29-25-16-20(18-8-3-1-4-9-18)15-24-27(25)23(17-26(30)28-24)19-10-7-13-22(14-19)31-21-11-5-2-6-12-21/h1-14,20,23H,15-17H2,(H,28,30). The Morgan fingerprint density at radius 2 is 1.39 bits per heavy atom. The lowest BCUT2D eigenvalue weighted by Gasteiger charge is -2.34. The molecule has 4 heteroatoms. The summed E-state index contributed by atoms with van der Waals surface area (Å²) in [6.45, 7) is 0. The zero-order valence-corrected chi connectivity index (χ0v) is 17.1. The Labute approximate surface area is 181 Å². The van der Waals surface area contributed by atoms with E-state index in [-0.39, 0.29) is 29.9 Å². The van der Waals surface area contributed by atoms with Gasteiger partial charge in [-0.25, -0.2) is 0 Å². The molecule has 31 heavy (non-hydrogen) atoms. The molecule has 0 spiro atoms. The van der Waals surface area contributed by atoms with Gasteiger partial charge in [0.2, 0.25) is 5.91 Å². The van der Waals surface area contributed by atoms with Crippen LogP contribution in [0.5, 0.6) is 11.5 Å². The Hall–Kier alpha value is -3.66. The van der Waals surface area contributed by atoms with Gasteiger partial charge in [0.25, 0.3) is 0 Å². The van der Waals surface area contributed by atoms with Crippen LogP contribution in [0, 0.1) is 0 Å². The summed E-state index contributed by atoms with van der Waals surface area (Å²) in [6.07, 6.45) is 1.42. The molecule has 1 aliphatic carbocycles. The van der Waals surface area contributed by atoms with Crippen molar-refractivity contribution in [2.24, 2.45) is 0 Å². The molecule has 0 bridgehead atoms. The van der Waals surface area contributed by atoms with Crippen molar-refractivity contribution in [2.75, 3.05) is 0 Å². The SMILES string of the molecule is O=C1CC(c2cccc(Oc3ccccc3)c2)C2=C(CC(c3ccccc3)CC2=O)N1. The summed E-state index contributed by atoms with van der Waals surface area (Å²) < 4.78 is 5.97. The number of benzene rings is 3. The Morgan fingerprint density at radius 1 is 0.710 bits per heavy atom. The topological polar surface area (TPSA) is 55.4 Å². The van der Waals surface area contributed by atoms with Gasteiger partial charge in [-0.15, -0.1) is 0 Å². The first-order valence-corrected chi connectivity index (χ1v) is 10.6. The number of hydrogen-bond acceptors (Lipinski definition) is 3. The highest BCUT2D eigenvalue weighted by Gasteiger charge is 2.38. The summed E-state index contributed by atoms with van der Waals surface area (Å²) in [6, 6.07) is 27.4. The maximum absolute atomic E-state index is 13.2. The Balaban J connectivity index is 1.46. The first-order valence-electron chi connectivity index (χ1n) is 10.6. The van der Waals surface area contributed by atoms with Crippen molar-refractivity contribution in [2.45, 2.75) is 31.1 Å². The van der Waals surface area contributed by atoms with Gasteiger partial charge in [0.1, 0.15) is 11.5 Å². The molecule has 1 amide bonds. The number of rotatable bonds is 4. The van der Waals surface area contributed by atoms with Gasteiger partial charge in [0.05, 0.1) is 0 Å². The average Bonchev–Trinajstić information content (AvgIpc) is 2.79. The van der Waals surface area contributed by atoms with Gasteiger partial charge in [0, 0.05) is 30.0 Å². The normalized spacial score (nSPS) is 20.8. The highest BCUT2D eigenvalue weighted by Crippen LogP contribution is 2.43. The second-order valence-electron chi connectivity index (χ2n) is 8.12. The quantitative estimate of drug-likeness (QED) is 0.620. The van der Waals surface area contributed by atoms with E-state index in [0.717, 1.165) is 28.1 Å². The lowest BCUT2D eigenvalue weighted by Crippen LogP contribution is -2.38. The summed E-state index contributed by atoms with van der Waals surface area (Å²) in [5.41, 5.74) is 3.60. The van der Waals surface area contributed by atoms with E-state index in [0.29, 0.717) is 18.6 Å². The number of amides is 1. The molecule has 0 fully saturated rings. The van der Waals surface area contributed by atoms with E-state index in [2.05, 4.69) is 17.4 Å². The minimum Gasteiger partial charge on any atom is -0.457 e. The fraction of sp³-hybridized carbons (Fsp3) is 0.185. The molecule has 3 aromatic rings. The lowest BCUT2D eigenvalue weighted by molar-refractivity contribution is -0.122. The maximum Gasteiger partial charge on any atom is 0.225 e. The first-order chi connectivity index (χ1) is 15.2. The van der Waals surface area contributed by atoms with Crippen LogP contribution in [0.25, 0.3) is 0 Å². The zero-order valence-electron chi connectivity index (χ0n) is 17.1. The molecule has 1 aliphatic heterocycles. The summed E-state index contributed by atoms with van der Waals surface area (Å²) in [5.74, 6) is 1.38. The molecule has 0 radical (unpaired) electrons. The predicted octanol–water partition coefficient (Wildman–Crippen LogP) is 5.48. The molecule has 2 aliphatic rings. The van der Waals surface area contributed by atoms with Gasteiger partial charge < -0.3 is 10.1 Å². The number of hydrogen-bond donors (Lipinski definition) is 1. The largest absolute Gasteiger partial charge is 0.457 e. The molecule has 2 atom stereocenters. The van der Waals surface area contributed by atoms with E-state index < -0.39 is 0 Å². The van der Waals surface area contributed by atoms with Gasteiger partial charge >= 0.3 is 0 Å². The summed E-state index contributed by atoms with van der Waals surface area (Å²) in [7, 11) is 0. The molecule has 2 unspecified atom stereocenters. The monoisotopic (exact) mass is 409 g/mol. The number of ketones is 1. The highest BCUT2D eigenvalue weighted by atomic mass is 16.5. The predicted molar refractivity (Wildman–Crippen MR) is 119 cm³/mol. The average molecular weight is 409 g/mol. The van der Waals surface area contributed by atoms with Crippen LogP contribution >= 0.6 is 0 Å². The van der Waals surface area contributed by atoms with Crippen molar-refractivity contribution in [1.29, 1.82) is 0 Å². The van der Waals surface area contributed by atoms with Crippen LogP contribution in [0.1, 0.15) is 42.2 Å². The summed E-state index contributed by atoms with van der Waals surface area (Å²) in [5, 5.41) is 2.99. The van der Waals surface area contributed by atoms with Crippen molar-refractivity contribution in [3.8, 4) is 11.5 Å². The van der Waals surface area contributed by atoms with E-state index in [1.165, 1.54) is 0 Å². The molecule has 1 N–H and O–H groups in total.